The molecule has 92 valence electrons. The third-order valence-electron chi connectivity index (χ3n) is 4.14. The van der Waals surface area contributed by atoms with Crippen LogP contribution in [0.15, 0.2) is 24.3 Å². The predicted octanol–water partition coefficient (Wildman–Crippen LogP) is 4.21. The molecule has 1 fully saturated rings. The van der Waals surface area contributed by atoms with Gasteiger partial charge in [-0.2, -0.15) is 0 Å². The highest BCUT2D eigenvalue weighted by atomic mass is 16.1. The molecule has 0 aliphatic heterocycles. The van der Waals surface area contributed by atoms with Crippen LogP contribution < -0.4 is 0 Å². The lowest BCUT2D eigenvalue weighted by Crippen LogP contribution is -2.35. The van der Waals surface area contributed by atoms with Gasteiger partial charge in [0.05, 0.1) is 5.41 Å². The van der Waals surface area contributed by atoms with Gasteiger partial charge in [0, 0.05) is 6.42 Å². The number of hydrogen-bond donors (Lipinski definition) is 0. The molecular weight excluding hydrogens is 208 g/mol. The molecule has 0 heterocycles. The SMILES string of the molecule is CC(C)c1cccc(C2(C)CCCCC2=O)c1. The van der Waals surface area contributed by atoms with E-state index in [-0.39, 0.29) is 5.41 Å². The first kappa shape index (κ1) is 12.3. The van der Waals surface area contributed by atoms with Crippen molar-refractivity contribution in [3.05, 3.63) is 35.4 Å². The largest absolute Gasteiger partial charge is 0.299 e. The average Bonchev–Trinajstić information content (AvgIpc) is 2.33. The zero-order valence-corrected chi connectivity index (χ0v) is 11.1. The van der Waals surface area contributed by atoms with Gasteiger partial charge in [0.1, 0.15) is 5.78 Å². The number of carbonyl (C=O) groups is 1. The number of hydrogen-bond acceptors (Lipinski definition) is 1. The van der Waals surface area contributed by atoms with Crippen LogP contribution in [0.3, 0.4) is 0 Å². The smallest absolute Gasteiger partial charge is 0.143 e. The molecule has 0 spiro atoms. The summed E-state index contributed by atoms with van der Waals surface area (Å²) >= 11 is 0. The second kappa shape index (κ2) is 4.64. The van der Waals surface area contributed by atoms with Crippen LogP contribution in [0.2, 0.25) is 0 Å². The molecular formula is C16H22O. The van der Waals surface area contributed by atoms with Gasteiger partial charge in [-0.1, -0.05) is 44.5 Å². The molecule has 1 unspecified atom stereocenters. The van der Waals surface area contributed by atoms with Gasteiger partial charge in [0.2, 0.25) is 0 Å². The Kier molecular flexibility index (Phi) is 3.37. The second-order valence-corrected chi connectivity index (χ2v) is 5.74. The maximum atomic E-state index is 12.2. The number of carbonyl (C=O) groups excluding carboxylic acids is 1. The fourth-order valence-corrected chi connectivity index (χ4v) is 2.73. The van der Waals surface area contributed by atoms with Crippen LogP contribution >= 0.6 is 0 Å². The summed E-state index contributed by atoms with van der Waals surface area (Å²) in [7, 11) is 0. The Hall–Kier alpha value is -1.11. The zero-order chi connectivity index (χ0) is 12.5. The topological polar surface area (TPSA) is 17.1 Å². The lowest BCUT2D eigenvalue weighted by atomic mass is 9.69. The lowest BCUT2D eigenvalue weighted by molar-refractivity contribution is -0.125. The maximum absolute atomic E-state index is 12.2. The lowest BCUT2D eigenvalue weighted by Gasteiger charge is -2.33. The van der Waals surface area contributed by atoms with Crippen molar-refractivity contribution < 1.29 is 4.79 Å². The summed E-state index contributed by atoms with van der Waals surface area (Å²) in [5.41, 5.74) is 2.32. The Bertz CT molecular complexity index is 419. The molecule has 1 aliphatic carbocycles. The monoisotopic (exact) mass is 230 g/mol. The molecule has 1 heteroatoms. The van der Waals surface area contributed by atoms with Gasteiger partial charge >= 0.3 is 0 Å². The van der Waals surface area contributed by atoms with E-state index in [2.05, 4.69) is 45.0 Å². The van der Waals surface area contributed by atoms with Crippen molar-refractivity contribution in [3.8, 4) is 0 Å². The molecule has 1 aromatic rings. The quantitative estimate of drug-likeness (QED) is 0.743. The molecule has 1 aromatic carbocycles. The minimum absolute atomic E-state index is 0.233. The van der Waals surface area contributed by atoms with Gasteiger partial charge in [-0.05, 0) is 36.8 Å². The first-order valence-electron chi connectivity index (χ1n) is 6.68. The highest BCUT2D eigenvalue weighted by molar-refractivity contribution is 5.90. The third kappa shape index (κ3) is 2.29. The Morgan fingerprint density at radius 3 is 2.65 bits per heavy atom. The van der Waals surface area contributed by atoms with Crippen LogP contribution in [0.5, 0.6) is 0 Å². The highest BCUT2D eigenvalue weighted by Crippen LogP contribution is 2.37. The number of rotatable bonds is 2. The second-order valence-electron chi connectivity index (χ2n) is 5.74. The van der Waals surface area contributed by atoms with Crippen LogP contribution in [0.4, 0.5) is 0 Å². The Morgan fingerprint density at radius 1 is 1.24 bits per heavy atom. The van der Waals surface area contributed by atoms with E-state index in [9.17, 15) is 4.79 Å². The van der Waals surface area contributed by atoms with E-state index < -0.39 is 0 Å². The molecule has 1 nitrogen and oxygen atoms in total. The average molecular weight is 230 g/mol. The molecule has 1 aliphatic rings. The predicted molar refractivity (Wildman–Crippen MR) is 71.4 cm³/mol. The van der Waals surface area contributed by atoms with E-state index >= 15 is 0 Å². The summed E-state index contributed by atoms with van der Waals surface area (Å²) < 4.78 is 0. The van der Waals surface area contributed by atoms with Crippen molar-refractivity contribution in [2.75, 3.05) is 0 Å². The van der Waals surface area contributed by atoms with E-state index in [1.165, 1.54) is 17.5 Å². The van der Waals surface area contributed by atoms with Gasteiger partial charge in [-0.15, -0.1) is 0 Å². The van der Waals surface area contributed by atoms with Gasteiger partial charge in [-0.25, -0.2) is 0 Å². The normalized spacial score (nSPS) is 25.3. The first-order valence-corrected chi connectivity index (χ1v) is 6.68. The molecule has 0 bridgehead atoms. The maximum Gasteiger partial charge on any atom is 0.143 e. The number of benzene rings is 1. The van der Waals surface area contributed by atoms with Crippen molar-refractivity contribution in [2.24, 2.45) is 0 Å². The molecule has 1 saturated carbocycles. The standard InChI is InChI=1S/C16H22O/c1-12(2)13-7-6-8-14(11-13)16(3)10-5-4-9-15(16)17/h6-8,11-12H,4-5,9-10H2,1-3H3. The van der Waals surface area contributed by atoms with Crippen LogP contribution in [-0.2, 0) is 10.2 Å². The Labute approximate surface area is 104 Å². The van der Waals surface area contributed by atoms with Crippen molar-refractivity contribution >= 4 is 5.78 Å². The molecule has 0 saturated heterocycles. The van der Waals surface area contributed by atoms with Crippen molar-refractivity contribution in [1.29, 1.82) is 0 Å². The molecule has 0 N–H and O–H groups in total. The molecule has 2 rings (SSSR count). The summed E-state index contributed by atoms with van der Waals surface area (Å²) in [6.07, 6.45) is 4.00. The van der Waals surface area contributed by atoms with Gasteiger partial charge in [0.15, 0.2) is 0 Å². The van der Waals surface area contributed by atoms with E-state index in [4.69, 9.17) is 0 Å². The minimum Gasteiger partial charge on any atom is -0.299 e. The summed E-state index contributed by atoms with van der Waals surface area (Å²) in [5, 5.41) is 0. The summed E-state index contributed by atoms with van der Waals surface area (Å²) in [6, 6.07) is 8.60. The van der Waals surface area contributed by atoms with Gasteiger partial charge < -0.3 is 0 Å². The van der Waals surface area contributed by atoms with Crippen molar-refractivity contribution in [3.63, 3.8) is 0 Å². The van der Waals surface area contributed by atoms with Crippen LogP contribution in [0.25, 0.3) is 0 Å². The van der Waals surface area contributed by atoms with Crippen LogP contribution in [-0.4, -0.2) is 5.78 Å². The van der Waals surface area contributed by atoms with Gasteiger partial charge in [0.25, 0.3) is 0 Å². The van der Waals surface area contributed by atoms with Gasteiger partial charge in [-0.3, -0.25) is 4.79 Å². The van der Waals surface area contributed by atoms with Crippen LogP contribution in [0.1, 0.15) is 63.5 Å². The van der Waals surface area contributed by atoms with E-state index in [1.807, 2.05) is 0 Å². The third-order valence-corrected chi connectivity index (χ3v) is 4.14. The summed E-state index contributed by atoms with van der Waals surface area (Å²) in [4.78, 5) is 12.2. The Balaban J connectivity index is 2.38. The first-order chi connectivity index (χ1) is 8.04. The molecule has 1 atom stereocenters. The fourth-order valence-electron chi connectivity index (χ4n) is 2.73. The summed E-state index contributed by atoms with van der Waals surface area (Å²) in [6.45, 7) is 6.52. The fraction of sp³-hybridized carbons (Fsp3) is 0.562. The highest BCUT2D eigenvalue weighted by Gasteiger charge is 2.36. The van der Waals surface area contributed by atoms with E-state index in [0.29, 0.717) is 11.7 Å². The molecule has 0 aromatic heterocycles. The molecule has 0 radical (unpaired) electrons. The summed E-state index contributed by atoms with van der Waals surface area (Å²) in [5.74, 6) is 0.946. The zero-order valence-electron chi connectivity index (χ0n) is 11.1. The minimum atomic E-state index is -0.233. The van der Waals surface area contributed by atoms with Crippen molar-refractivity contribution in [2.45, 2.75) is 57.8 Å². The molecule has 0 amide bonds. The van der Waals surface area contributed by atoms with Crippen LogP contribution in [0, 0.1) is 0 Å². The van der Waals surface area contributed by atoms with E-state index in [1.54, 1.807) is 0 Å². The Morgan fingerprint density at radius 2 is 2.00 bits per heavy atom. The number of ketones is 1. The van der Waals surface area contributed by atoms with E-state index in [0.717, 1.165) is 19.3 Å². The molecule has 17 heavy (non-hydrogen) atoms. The van der Waals surface area contributed by atoms with Crippen molar-refractivity contribution in [1.82, 2.24) is 0 Å². The number of Topliss-reactive ketones (excluding diaryl/α,β-unsaturated/α-hetero) is 1.